The molecule has 0 saturated heterocycles. The summed E-state index contributed by atoms with van der Waals surface area (Å²) in [7, 11) is 0. The molecule has 0 radical (unpaired) electrons. The first-order chi connectivity index (χ1) is 10.3. The Balaban J connectivity index is 1.75. The van der Waals surface area contributed by atoms with Crippen molar-refractivity contribution in [2.45, 2.75) is 37.8 Å². The molecule has 1 N–H and O–H groups in total. The van der Waals surface area contributed by atoms with Gasteiger partial charge in [-0.3, -0.25) is 0 Å². The molecule has 2 aromatic carbocycles. The summed E-state index contributed by atoms with van der Waals surface area (Å²) in [6.45, 7) is 0.920. The highest BCUT2D eigenvalue weighted by Crippen LogP contribution is 2.43. The van der Waals surface area contributed by atoms with Gasteiger partial charge in [-0.2, -0.15) is 0 Å². The van der Waals surface area contributed by atoms with E-state index in [2.05, 4.69) is 17.4 Å². The van der Waals surface area contributed by atoms with E-state index in [1.165, 1.54) is 30.4 Å². The van der Waals surface area contributed by atoms with Gasteiger partial charge in [-0.15, -0.1) is 0 Å². The Labute approximate surface area is 125 Å². The average Bonchev–Trinajstić information content (AvgIpc) is 2.93. The first kappa shape index (κ1) is 12.9. The Morgan fingerprint density at radius 1 is 1.00 bits per heavy atom. The van der Waals surface area contributed by atoms with Crippen LogP contribution in [-0.4, -0.2) is 6.54 Å². The average molecular weight is 281 g/mol. The number of para-hydroxylation sites is 1. The van der Waals surface area contributed by atoms with Gasteiger partial charge in [0, 0.05) is 17.8 Å². The highest BCUT2D eigenvalue weighted by molar-refractivity contribution is 5.63. The number of anilines is 1. The SMILES string of the molecule is FC(c1ccccc1C1CCC1)c1cccc2c1NCC2. The minimum absolute atomic E-state index is 0.559. The number of halogens is 1. The lowest BCUT2D eigenvalue weighted by molar-refractivity contribution is 0.378. The summed E-state index contributed by atoms with van der Waals surface area (Å²) in [4.78, 5) is 0. The van der Waals surface area contributed by atoms with Crippen LogP contribution >= 0.6 is 0 Å². The van der Waals surface area contributed by atoms with Crippen LogP contribution in [0.5, 0.6) is 0 Å². The molecule has 0 spiro atoms. The maximum atomic E-state index is 15.3. The Morgan fingerprint density at radius 2 is 1.81 bits per heavy atom. The first-order valence-corrected chi connectivity index (χ1v) is 7.93. The molecule has 1 unspecified atom stereocenters. The molecule has 1 aliphatic heterocycles. The zero-order chi connectivity index (χ0) is 14.2. The van der Waals surface area contributed by atoms with Gasteiger partial charge in [0.2, 0.25) is 0 Å². The number of rotatable bonds is 3. The van der Waals surface area contributed by atoms with Crippen LogP contribution in [0.3, 0.4) is 0 Å². The van der Waals surface area contributed by atoms with E-state index in [0.29, 0.717) is 5.92 Å². The first-order valence-electron chi connectivity index (χ1n) is 7.93. The molecule has 1 atom stereocenters. The Kier molecular flexibility index (Phi) is 3.17. The molecule has 1 saturated carbocycles. The monoisotopic (exact) mass is 281 g/mol. The van der Waals surface area contributed by atoms with Gasteiger partial charge in [-0.1, -0.05) is 48.9 Å². The quantitative estimate of drug-likeness (QED) is 0.836. The molecule has 1 nitrogen and oxygen atoms in total. The van der Waals surface area contributed by atoms with Gasteiger partial charge in [0.05, 0.1) is 0 Å². The van der Waals surface area contributed by atoms with Crippen LogP contribution in [0.25, 0.3) is 0 Å². The second kappa shape index (κ2) is 5.18. The topological polar surface area (TPSA) is 12.0 Å². The molecule has 1 aliphatic carbocycles. The van der Waals surface area contributed by atoms with Crippen molar-refractivity contribution in [1.29, 1.82) is 0 Å². The summed E-state index contributed by atoms with van der Waals surface area (Å²) in [6, 6.07) is 14.1. The molecule has 21 heavy (non-hydrogen) atoms. The number of hydrogen-bond donors (Lipinski definition) is 1. The fourth-order valence-electron chi connectivity index (χ4n) is 3.58. The number of hydrogen-bond acceptors (Lipinski definition) is 1. The normalized spacial score (nSPS) is 18.7. The van der Waals surface area contributed by atoms with Crippen LogP contribution in [0.1, 0.15) is 53.6 Å². The van der Waals surface area contributed by atoms with Crippen molar-refractivity contribution in [2.24, 2.45) is 0 Å². The predicted molar refractivity (Wildman–Crippen MR) is 84.6 cm³/mol. The van der Waals surface area contributed by atoms with Crippen LogP contribution in [0.4, 0.5) is 10.1 Å². The summed E-state index contributed by atoms with van der Waals surface area (Å²) < 4.78 is 15.3. The maximum absolute atomic E-state index is 15.3. The van der Waals surface area contributed by atoms with Gasteiger partial charge < -0.3 is 5.32 Å². The van der Waals surface area contributed by atoms with Gasteiger partial charge in [0.15, 0.2) is 6.17 Å². The van der Waals surface area contributed by atoms with Crippen molar-refractivity contribution in [2.75, 3.05) is 11.9 Å². The smallest absolute Gasteiger partial charge is 0.153 e. The van der Waals surface area contributed by atoms with E-state index in [0.717, 1.165) is 29.8 Å². The third-order valence-corrected chi connectivity index (χ3v) is 4.97. The molecule has 2 heteroatoms. The molecule has 0 aromatic heterocycles. The van der Waals surface area contributed by atoms with E-state index in [1.807, 2.05) is 30.3 Å². The lowest BCUT2D eigenvalue weighted by atomic mass is 9.77. The van der Waals surface area contributed by atoms with E-state index >= 15 is 4.39 Å². The van der Waals surface area contributed by atoms with E-state index in [4.69, 9.17) is 0 Å². The molecule has 0 amide bonds. The standard InChI is InChI=1S/C19H20FN/c20-18(17-10-4-7-14-11-12-21-19(14)17)16-9-2-1-8-15(16)13-5-3-6-13/h1-2,4,7-10,13,18,21H,3,5-6,11-12H2. The Bertz CT molecular complexity index is 660. The largest absolute Gasteiger partial charge is 0.384 e. The molecular weight excluding hydrogens is 261 g/mol. The summed E-state index contributed by atoms with van der Waals surface area (Å²) in [5.41, 5.74) is 5.15. The highest BCUT2D eigenvalue weighted by Gasteiger charge is 2.27. The number of nitrogens with one attached hydrogen (secondary N) is 1. The lowest BCUT2D eigenvalue weighted by Gasteiger charge is -2.29. The number of alkyl halides is 1. The molecule has 4 rings (SSSR count). The minimum atomic E-state index is -1.03. The zero-order valence-electron chi connectivity index (χ0n) is 12.1. The van der Waals surface area contributed by atoms with Gasteiger partial charge in [0.25, 0.3) is 0 Å². The van der Waals surface area contributed by atoms with Crippen LogP contribution in [-0.2, 0) is 6.42 Å². The van der Waals surface area contributed by atoms with Crippen LogP contribution in [0.2, 0.25) is 0 Å². The van der Waals surface area contributed by atoms with Gasteiger partial charge >= 0.3 is 0 Å². The highest BCUT2D eigenvalue weighted by atomic mass is 19.1. The number of benzene rings is 2. The van der Waals surface area contributed by atoms with Gasteiger partial charge in [-0.25, -0.2) is 4.39 Å². The summed E-state index contributed by atoms with van der Waals surface area (Å²) in [5, 5.41) is 3.36. The van der Waals surface area contributed by atoms with Crippen molar-refractivity contribution >= 4 is 5.69 Å². The molecule has 1 heterocycles. The maximum Gasteiger partial charge on any atom is 0.153 e. The molecule has 108 valence electrons. The van der Waals surface area contributed by atoms with Crippen molar-refractivity contribution < 1.29 is 4.39 Å². The van der Waals surface area contributed by atoms with E-state index < -0.39 is 6.17 Å². The predicted octanol–water partition coefficient (Wildman–Crippen LogP) is 4.98. The summed E-state index contributed by atoms with van der Waals surface area (Å²) >= 11 is 0. The molecular formula is C19H20FN. The molecule has 2 aliphatic rings. The fraction of sp³-hybridized carbons (Fsp3) is 0.368. The summed E-state index contributed by atoms with van der Waals surface area (Å²) in [5.74, 6) is 0.559. The molecule has 0 bridgehead atoms. The van der Waals surface area contributed by atoms with Crippen LogP contribution in [0, 0.1) is 0 Å². The fourth-order valence-corrected chi connectivity index (χ4v) is 3.58. The van der Waals surface area contributed by atoms with Crippen molar-refractivity contribution in [3.8, 4) is 0 Å². The third-order valence-electron chi connectivity index (χ3n) is 4.97. The minimum Gasteiger partial charge on any atom is -0.384 e. The summed E-state index contributed by atoms with van der Waals surface area (Å²) in [6.07, 6.45) is 3.66. The lowest BCUT2D eigenvalue weighted by Crippen LogP contribution is -2.12. The van der Waals surface area contributed by atoms with Crippen molar-refractivity contribution in [3.05, 3.63) is 64.7 Å². The van der Waals surface area contributed by atoms with Crippen molar-refractivity contribution in [3.63, 3.8) is 0 Å². The third kappa shape index (κ3) is 2.14. The molecule has 2 aromatic rings. The van der Waals surface area contributed by atoms with Crippen LogP contribution in [0.15, 0.2) is 42.5 Å². The second-order valence-corrected chi connectivity index (χ2v) is 6.18. The number of fused-ring (bicyclic) bond motifs is 1. The van der Waals surface area contributed by atoms with Crippen LogP contribution < -0.4 is 5.32 Å². The van der Waals surface area contributed by atoms with E-state index in [-0.39, 0.29) is 0 Å². The molecule has 1 fully saturated rings. The second-order valence-electron chi connectivity index (χ2n) is 6.18. The van der Waals surface area contributed by atoms with Crippen molar-refractivity contribution in [1.82, 2.24) is 0 Å². The van der Waals surface area contributed by atoms with Gasteiger partial charge in [-0.05, 0) is 41.9 Å². The van der Waals surface area contributed by atoms with E-state index in [9.17, 15) is 0 Å². The zero-order valence-corrected chi connectivity index (χ0v) is 12.1. The van der Waals surface area contributed by atoms with E-state index in [1.54, 1.807) is 0 Å². The van der Waals surface area contributed by atoms with Gasteiger partial charge in [0.1, 0.15) is 0 Å². The Morgan fingerprint density at radius 3 is 2.62 bits per heavy atom. The Hall–Kier alpha value is -1.83.